The molecule has 3 heteroatoms. The zero-order valence-corrected chi connectivity index (χ0v) is 10.1. The molecule has 0 aliphatic rings. The van der Waals surface area contributed by atoms with Crippen LogP contribution in [0.3, 0.4) is 0 Å². The summed E-state index contributed by atoms with van der Waals surface area (Å²) in [6.45, 7) is 0.549. The Morgan fingerprint density at radius 1 is 1.00 bits per heavy atom. The van der Waals surface area contributed by atoms with Gasteiger partial charge in [0.05, 0.1) is 12.2 Å². The topological polar surface area (TPSA) is 35.5 Å². The number of ether oxygens (including phenoxy) is 2. The highest BCUT2D eigenvalue weighted by Crippen LogP contribution is 2.14. The summed E-state index contributed by atoms with van der Waals surface area (Å²) in [6.07, 6.45) is 0. The minimum atomic E-state index is -0.352. The molecule has 0 radical (unpaired) electrons. The quantitative estimate of drug-likeness (QED) is 0.610. The van der Waals surface area contributed by atoms with Crippen molar-refractivity contribution in [2.75, 3.05) is 7.11 Å². The maximum absolute atomic E-state index is 11.8. The smallest absolute Gasteiger partial charge is 0.343 e. The second kappa shape index (κ2) is 5.98. The summed E-state index contributed by atoms with van der Waals surface area (Å²) in [5, 5.41) is 0. The van der Waals surface area contributed by atoms with Crippen LogP contribution in [0, 0.1) is 0 Å². The van der Waals surface area contributed by atoms with Crippen LogP contribution in [0.25, 0.3) is 0 Å². The monoisotopic (exact) mass is 242 g/mol. The molecular weight excluding hydrogens is 228 g/mol. The predicted octanol–water partition coefficient (Wildman–Crippen LogP) is 3.05. The lowest BCUT2D eigenvalue weighted by Crippen LogP contribution is -2.08. The molecule has 0 unspecified atom stereocenters. The Bertz CT molecular complexity index is 503. The summed E-state index contributed by atoms with van der Waals surface area (Å²) < 4.78 is 10.3. The Kier molecular flexibility index (Phi) is 4.10. The molecule has 92 valence electrons. The first-order valence-electron chi connectivity index (χ1n) is 5.64. The fourth-order valence-electron chi connectivity index (χ4n) is 1.56. The number of esters is 1. The van der Waals surface area contributed by atoms with Crippen LogP contribution in [0.2, 0.25) is 0 Å². The van der Waals surface area contributed by atoms with E-state index in [1.165, 1.54) is 0 Å². The maximum atomic E-state index is 11.8. The van der Waals surface area contributed by atoms with Gasteiger partial charge >= 0.3 is 5.97 Å². The number of methoxy groups -OCH3 is 1. The van der Waals surface area contributed by atoms with Crippen LogP contribution in [0.1, 0.15) is 15.9 Å². The van der Waals surface area contributed by atoms with E-state index in [0.29, 0.717) is 17.9 Å². The second-order valence-corrected chi connectivity index (χ2v) is 3.83. The van der Waals surface area contributed by atoms with E-state index in [1.807, 2.05) is 18.2 Å². The molecule has 0 bridgehead atoms. The number of hydrogen-bond acceptors (Lipinski definition) is 3. The van der Waals surface area contributed by atoms with E-state index >= 15 is 0 Å². The first-order valence-corrected chi connectivity index (χ1v) is 5.64. The molecule has 0 saturated heterocycles. The third-order valence-corrected chi connectivity index (χ3v) is 2.45. The van der Waals surface area contributed by atoms with Crippen molar-refractivity contribution in [2.45, 2.75) is 6.61 Å². The van der Waals surface area contributed by atoms with Crippen molar-refractivity contribution in [3.8, 4) is 5.75 Å². The lowest BCUT2D eigenvalue weighted by atomic mass is 10.2. The fourth-order valence-corrected chi connectivity index (χ4v) is 1.56. The third kappa shape index (κ3) is 3.18. The Morgan fingerprint density at radius 3 is 2.28 bits per heavy atom. The normalized spacial score (nSPS) is 10.1. The zero-order chi connectivity index (χ0) is 12.8. The molecule has 2 aromatic carbocycles. The molecule has 18 heavy (non-hydrogen) atoms. The molecule has 0 amide bonds. The van der Waals surface area contributed by atoms with Gasteiger partial charge in [-0.25, -0.2) is 4.79 Å². The van der Waals surface area contributed by atoms with Gasteiger partial charge in [0.25, 0.3) is 0 Å². The SMILES string of the molecule is COCc1ccc(OC(=O)c2ccccc2)cc1. The van der Waals surface area contributed by atoms with Crippen LogP contribution >= 0.6 is 0 Å². The molecule has 0 N–H and O–H groups in total. The van der Waals surface area contributed by atoms with Crippen molar-refractivity contribution in [3.63, 3.8) is 0 Å². The lowest BCUT2D eigenvalue weighted by molar-refractivity contribution is 0.0734. The fraction of sp³-hybridized carbons (Fsp3) is 0.133. The van der Waals surface area contributed by atoms with Crippen LogP contribution in [0.15, 0.2) is 54.6 Å². The van der Waals surface area contributed by atoms with Gasteiger partial charge in [-0.1, -0.05) is 30.3 Å². The predicted molar refractivity (Wildman–Crippen MR) is 68.6 cm³/mol. The van der Waals surface area contributed by atoms with Gasteiger partial charge in [-0.15, -0.1) is 0 Å². The van der Waals surface area contributed by atoms with Crippen LogP contribution < -0.4 is 4.74 Å². The van der Waals surface area contributed by atoms with Gasteiger partial charge in [0.2, 0.25) is 0 Å². The maximum Gasteiger partial charge on any atom is 0.343 e. The van der Waals surface area contributed by atoms with Crippen molar-refractivity contribution in [1.82, 2.24) is 0 Å². The average Bonchev–Trinajstić information content (AvgIpc) is 2.42. The molecular formula is C15H14O3. The molecule has 2 rings (SSSR count). The molecule has 3 nitrogen and oxygen atoms in total. The highest BCUT2D eigenvalue weighted by Gasteiger charge is 2.07. The number of benzene rings is 2. The van der Waals surface area contributed by atoms with Gasteiger partial charge in [0.15, 0.2) is 0 Å². The standard InChI is InChI=1S/C15H14O3/c1-17-11-12-7-9-14(10-8-12)18-15(16)13-5-3-2-4-6-13/h2-10H,11H2,1H3. The van der Waals surface area contributed by atoms with Gasteiger partial charge in [0.1, 0.15) is 5.75 Å². The highest BCUT2D eigenvalue weighted by atomic mass is 16.5. The van der Waals surface area contributed by atoms with Crippen molar-refractivity contribution < 1.29 is 14.3 Å². The minimum absolute atomic E-state index is 0.352. The first-order chi connectivity index (χ1) is 8.79. The summed E-state index contributed by atoms with van der Waals surface area (Å²) in [4.78, 5) is 11.8. The number of rotatable bonds is 4. The van der Waals surface area contributed by atoms with E-state index in [2.05, 4.69) is 0 Å². The van der Waals surface area contributed by atoms with Gasteiger partial charge in [-0.2, -0.15) is 0 Å². The summed E-state index contributed by atoms with van der Waals surface area (Å²) in [7, 11) is 1.64. The van der Waals surface area contributed by atoms with E-state index in [4.69, 9.17) is 9.47 Å². The van der Waals surface area contributed by atoms with Gasteiger partial charge in [0, 0.05) is 7.11 Å². The largest absolute Gasteiger partial charge is 0.423 e. The molecule has 0 saturated carbocycles. The van der Waals surface area contributed by atoms with Crippen molar-refractivity contribution in [1.29, 1.82) is 0 Å². The molecule has 2 aromatic rings. The van der Waals surface area contributed by atoms with E-state index in [1.54, 1.807) is 43.5 Å². The minimum Gasteiger partial charge on any atom is -0.423 e. The van der Waals surface area contributed by atoms with Gasteiger partial charge < -0.3 is 9.47 Å². The molecule has 0 aliphatic heterocycles. The Hall–Kier alpha value is -2.13. The summed E-state index contributed by atoms with van der Waals surface area (Å²) in [5.41, 5.74) is 1.58. The molecule has 0 fully saturated rings. The number of carbonyl (C=O) groups is 1. The van der Waals surface area contributed by atoms with Crippen LogP contribution in [0.4, 0.5) is 0 Å². The van der Waals surface area contributed by atoms with Crippen LogP contribution in [-0.2, 0) is 11.3 Å². The molecule has 0 aliphatic carbocycles. The summed E-state index contributed by atoms with van der Waals surface area (Å²) in [5.74, 6) is 0.179. The highest BCUT2D eigenvalue weighted by molar-refractivity contribution is 5.90. The Labute approximate surface area is 106 Å². The number of carbonyl (C=O) groups excluding carboxylic acids is 1. The lowest BCUT2D eigenvalue weighted by Gasteiger charge is -2.05. The molecule has 0 aromatic heterocycles. The Balaban J connectivity index is 2.03. The van der Waals surface area contributed by atoms with Crippen LogP contribution in [0.5, 0.6) is 5.75 Å². The molecule has 0 heterocycles. The van der Waals surface area contributed by atoms with Crippen LogP contribution in [-0.4, -0.2) is 13.1 Å². The van der Waals surface area contributed by atoms with Crippen molar-refractivity contribution in [3.05, 3.63) is 65.7 Å². The van der Waals surface area contributed by atoms with Gasteiger partial charge in [-0.05, 0) is 29.8 Å². The number of hydrogen-bond donors (Lipinski definition) is 0. The van der Waals surface area contributed by atoms with E-state index in [9.17, 15) is 4.79 Å². The first kappa shape index (κ1) is 12.3. The van der Waals surface area contributed by atoms with E-state index in [0.717, 1.165) is 5.56 Å². The van der Waals surface area contributed by atoms with E-state index < -0.39 is 0 Å². The second-order valence-electron chi connectivity index (χ2n) is 3.83. The van der Waals surface area contributed by atoms with Gasteiger partial charge in [-0.3, -0.25) is 0 Å². The summed E-state index contributed by atoms with van der Waals surface area (Å²) in [6, 6.07) is 16.2. The average molecular weight is 242 g/mol. The Morgan fingerprint density at radius 2 is 1.67 bits per heavy atom. The van der Waals surface area contributed by atoms with Crippen molar-refractivity contribution >= 4 is 5.97 Å². The van der Waals surface area contributed by atoms with Crippen molar-refractivity contribution in [2.24, 2.45) is 0 Å². The molecule has 0 spiro atoms. The molecule has 0 atom stereocenters. The summed E-state index contributed by atoms with van der Waals surface area (Å²) >= 11 is 0. The zero-order valence-electron chi connectivity index (χ0n) is 10.1. The third-order valence-electron chi connectivity index (χ3n) is 2.45. The van der Waals surface area contributed by atoms with E-state index in [-0.39, 0.29) is 5.97 Å².